The number of ether oxygens (including phenoxy) is 1. The summed E-state index contributed by atoms with van der Waals surface area (Å²) >= 11 is 0. The summed E-state index contributed by atoms with van der Waals surface area (Å²) in [4.78, 5) is 13.1. The molecule has 0 bridgehead atoms. The van der Waals surface area contributed by atoms with E-state index in [1.54, 1.807) is 0 Å². The van der Waals surface area contributed by atoms with Crippen molar-refractivity contribution in [1.29, 1.82) is 0 Å². The molecule has 60 heavy (non-hydrogen) atoms. The molecule has 9 heteroatoms. The number of carbonyl (C=O) groups excluding carboxylic acids is 1. The predicted octanol–water partition coefficient (Wildman–Crippen LogP) is 11.1. The number of unbranched alkanes of at least 4 members (excludes halogenated alkanes) is 33. The molecule has 0 spiro atoms. The smallest absolute Gasteiger partial charge is 0.220 e. The first kappa shape index (κ1) is 56.9. The maximum atomic E-state index is 13.1. The molecule has 9 nitrogen and oxygen atoms in total. The summed E-state index contributed by atoms with van der Waals surface area (Å²) in [7, 11) is 0. The topological polar surface area (TPSA) is 160 Å². The Morgan fingerprint density at radius 1 is 0.517 bits per heavy atom. The quantitative estimate of drug-likeness (QED) is 0.0236. The molecular formula is C51H99NO8. The van der Waals surface area contributed by atoms with E-state index in [1.165, 1.54) is 198 Å². The minimum Gasteiger partial charge on any atom is -0.394 e. The van der Waals surface area contributed by atoms with E-state index in [1.807, 2.05) is 0 Å². The van der Waals surface area contributed by atoms with Crippen LogP contribution in [0.5, 0.6) is 0 Å². The van der Waals surface area contributed by atoms with Gasteiger partial charge in [-0.15, -0.1) is 0 Å². The highest BCUT2D eigenvalue weighted by molar-refractivity contribution is 5.76. The molecule has 0 aromatic rings. The van der Waals surface area contributed by atoms with Gasteiger partial charge in [-0.2, -0.15) is 0 Å². The van der Waals surface area contributed by atoms with Crippen LogP contribution in [0.4, 0.5) is 0 Å². The maximum Gasteiger partial charge on any atom is 0.220 e. The van der Waals surface area contributed by atoms with Crippen LogP contribution in [0.2, 0.25) is 0 Å². The second kappa shape index (κ2) is 40.7. The Hall–Kier alpha value is -1.07. The Bertz CT molecular complexity index is 965. The Morgan fingerprint density at radius 2 is 0.867 bits per heavy atom. The standard InChI is InChI=1S/C51H99NO8/c1-3-5-7-9-11-13-15-17-18-19-20-21-22-23-24-25-26-27-29-31-33-35-37-39-47(55)52-43(40-41-45-49(57)51(59)50(58)46(42-53)60-45)48(56)44(54)38-36-34-32-30-28-16-14-12-10-8-6-4-2/h40-41,43-46,48-51,53-54,56-59H,3-39,42H2,1-2H3,(H,52,55)/b41-40+/t43-,44+,45+,46+,48-,49-,50-,51+/m0/s1. The zero-order valence-corrected chi connectivity index (χ0v) is 39.1. The number of rotatable bonds is 43. The summed E-state index contributed by atoms with van der Waals surface area (Å²) in [5.74, 6) is -0.224. The summed E-state index contributed by atoms with van der Waals surface area (Å²) in [5.41, 5.74) is 0. The van der Waals surface area contributed by atoms with Gasteiger partial charge >= 0.3 is 0 Å². The molecule has 356 valence electrons. The minimum absolute atomic E-state index is 0.224. The van der Waals surface area contributed by atoms with Crippen LogP contribution in [-0.4, -0.2) is 91.9 Å². The molecule has 1 saturated heterocycles. The molecule has 0 unspecified atom stereocenters. The number of amides is 1. The van der Waals surface area contributed by atoms with Crippen LogP contribution in [0.1, 0.15) is 251 Å². The number of hydrogen-bond acceptors (Lipinski definition) is 8. The van der Waals surface area contributed by atoms with E-state index >= 15 is 0 Å². The van der Waals surface area contributed by atoms with Gasteiger partial charge in [0.15, 0.2) is 0 Å². The Balaban J connectivity index is 2.29. The van der Waals surface area contributed by atoms with Crippen molar-refractivity contribution in [3.05, 3.63) is 12.2 Å². The number of hydrogen-bond donors (Lipinski definition) is 7. The van der Waals surface area contributed by atoms with Gasteiger partial charge in [-0.3, -0.25) is 4.79 Å². The normalized spacial score (nSPS) is 21.1. The average Bonchev–Trinajstić information content (AvgIpc) is 3.25. The lowest BCUT2D eigenvalue weighted by atomic mass is 9.93. The van der Waals surface area contributed by atoms with E-state index < -0.39 is 55.4 Å². The fraction of sp³-hybridized carbons (Fsp3) is 0.941. The van der Waals surface area contributed by atoms with Crippen molar-refractivity contribution in [2.45, 2.75) is 300 Å². The van der Waals surface area contributed by atoms with Crippen molar-refractivity contribution in [3.8, 4) is 0 Å². The van der Waals surface area contributed by atoms with Gasteiger partial charge in [0.05, 0.1) is 18.8 Å². The van der Waals surface area contributed by atoms with E-state index in [0.29, 0.717) is 12.8 Å². The highest BCUT2D eigenvalue weighted by atomic mass is 16.5. The van der Waals surface area contributed by atoms with Gasteiger partial charge in [-0.25, -0.2) is 0 Å². The fourth-order valence-corrected chi connectivity index (χ4v) is 8.70. The van der Waals surface area contributed by atoms with Crippen molar-refractivity contribution in [1.82, 2.24) is 5.32 Å². The van der Waals surface area contributed by atoms with Crippen LogP contribution in [0.3, 0.4) is 0 Å². The first-order chi connectivity index (χ1) is 29.3. The fourth-order valence-electron chi connectivity index (χ4n) is 8.70. The van der Waals surface area contributed by atoms with Gasteiger partial charge in [0, 0.05) is 6.42 Å². The lowest BCUT2D eigenvalue weighted by Gasteiger charge is -2.39. The summed E-state index contributed by atoms with van der Waals surface area (Å²) in [6.07, 6.45) is 39.3. The van der Waals surface area contributed by atoms with Crippen LogP contribution in [0, 0.1) is 0 Å². The molecule has 1 amide bonds. The molecule has 1 heterocycles. The van der Waals surface area contributed by atoms with Crippen LogP contribution < -0.4 is 5.32 Å². The lowest BCUT2D eigenvalue weighted by molar-refractivity contribution is -0.216. The van der Waals surface area contributed by atoms with Crippen molar-refractivity contribution < 1.29 is 40.2 Å². The minimum atomic E-state index is -1.53. The van der Waals surface area contributed by atoms with Crippen molar-refractivity contribution >= 4 is 5.91 Å². The summed E-state index contributed by atoms with van der Waals surface area (Å²) in [6, 6.07) is -0.943. The highest BCUT2D eigenvalue weighted by Crippen LogP contribution is 2.23. The molecule has 1 rings (SSSR count). The van der Waals surface area contributed by atoms with Crippen LogP contribution >= 0.6 is 0 Å². The SMILES string of the molecule is CCCCCCCCCCCCCCCCCCCCCCCCCC(=O)N[C@@H](/C=C/[C@H]1O[C@H](CO)[C@H](O)[C@H](O)[C@H]1O)[C@H](O)[C@H](O)CCCCCCCCCCCCCC. The zero-order valence-electron chi connectivity index (χ0n) is 39.1. The summed E-state index contributed by atoms with van der Waals surface area (Å²) in [6.45, 7) is 3.98. The molecule has 8 atom stereocenters. The van der Waals surface area contributed by atoms with E-state index in [2.05, 4.69) is 19.2 Å². The second-order valence-electron chi connectivity index (χ2n) is 18.5. The molecule has 0 aliphatic carbocycles. The zero-order chi connectivity index (χ0) is 43.9. The van der Waals surface area contributed by atoms with E-state index in [0.717, 1.165) is 38.5 Å². The lowest BCUT2D eigenvalue weighted by Crippen LogP contribution is -2.58. The molecule has 0 saturated carbocycles. The van der Waals surface area contributed by atoms with Gasteiger partial charge in [0.1, 0.15) is 36.6 Å². The average molecular weight is 854 g/mol. The van der Waals surface area contributed by atoms with Crippen LogP contribution in [0.25, 0.3) is 0 Å². The van der Waals surface area contributed by atoms with Gasteiger partial charge in [-0.1, -0.05) is 244 Å². The third-order valence-electron chi connectivity index (χ3n) is 12.9. The maximum absolute atomic E-state index is 13.1. The molecule has 0 radical (unpaired) electrons. The number of aliphatic hydroxyl groups is 6. The van der Waals surface area contributed by atoms with Crippen molar-refractivity contribution in [3.63, 3.8) is 0 Å². The number of nitrogens with one attached hydrogen (secondary N) is 1. The third kappa shape index (κ3) is 30.1. The van der Waals surface area contributed by atoms with Crippen molar-refractivity contribution in [2.75, 3.05) is 6.61 Å². The van der Waals surface area contributed by atoms with Gasteiger partial charge in [0.2, 0.25) is 5.91 Å². The second-order valence-corrected chi connectivity index (χ2v) is 18.5. The van der Waals surface area contributed by atoms with Crippen molar-refractivity contribution in [2.24, 2.45) is 0 Å². The van der Waals surface area contributed by atoms with E-state index in [-0.39, 0.29) is 5.91 Å². The van der Waals surface area contributed by atoms with Gasteiger partial charge in [-0.05, 0) is 12.8 Å². The number of aliphatic hydroxyl groups excluding tert-OH is 6. The summed E-state index contributed by atoms with van der Waals surface area (Å²) in [5, 5.41) is 65.5. The van der Waals surface area contributed by atoms with E-state index in [4.69, 9.17) is 4.74 Å². The molecule has 7 N–H and O–H groups in total. The highest BCUT2D eigenvalue weighted by Gasteiger charge is 2.42. The molecule has 1 aliphatic heterocycles. The third-order valence-corrected chi connectivity index (χ3v) is 12.9. The number of carbonyl (C=O) groups is 1. The first-order valence-corrected chi connectivity index (χ1v) is 25.9. The van der Waals surface area contributed by atoms with E-state index in [9.17, 15) is 35.4 Å². The molecule has 0 aromatic carbocycles. The van der Waals surface area contributed by atoms with Gasteiger partial charge in [0.25, 0.3) is 0 Å². The van der Waals surface area contributed by atoms with Crippen LogP contribution in [-0.2, 0) is 9.53 Å². The Morgan fingerprint density at radius 3 is 1.23 bits per heavy atom. The predicted molar refractivity (Wildman–Crippen MR) is 249 cm³/mol. The molecular weight excluding hydrogens is 755 g/mol. The molecule has 0 aromatic heterocycles. The molecule has 1 fully saturated rings. The van der Waals surface area contributed by atoms with Gasteiger partial charge < -0.3 is 40.7 Å². The van der Waals surface area contributed by atoms with Crippen LogP contribution in [0.15, 0.2) is 12.2 Å². The largest absolute Gasteiger partial charge is 0.394 e. The monoisotopic (exact) mass is 854 g/mol. The summed E-state index contributed by atoms with van der Waals surface area (Å²) < 4.78 is 5.60. The Kier molecular flexibility index (Phi) is 38.6. The first-order valence-electron chi connectivity index (χ1n) is 25.9. The Labute approximate surface area is 369 Å². The molecule has 1 aliphatic rings.